The number of carbonyl (C=O) groups is 1. The summed E-state index contributed by atoms with van der Waals surface area (Å²) >= 11 is 0. The molecule has 0 aromatic carbocycles. The first kappa shape index (κ1) is 20.3. The van der Waals surface area contributed by atoms with Crippen molar-refractivity contribution >= 4 is 5.78 Å². The minimum atomic E-state index is -1.78. The van der Waals surface area contributed by atoms with Gasteiger partial charge in [0.2, 0.25) is 0 Å². The fourth-order valence-corrected chi connectivity index (χ4v) is 7.82. The highest BCUT2D eigenvalue weighted by Gasteiger charge is 2.69. The van der Waals surface area contributed by atoms with Gasteiger partial charge in [-0.15, -0.1) is 0 Å². The minimum absolute atomic E-state index is 0.0362. The van der Waals surface area contributed by atoms with Crippen molar-refractivity contribution in [1.82, 2.24) is 0 Å². The molecule has 156 valence electrons. The van der Waals surface area contributed by atoms with E-state index in [1.165, 1.54) is 11.1 Å². The zero-order valence-electron chi connectivity index (χ0n) is 17.2. The predicted molar refractivity (Wildman–Crippen MR) is 105 cm³/mol. The quantitative estimate of drug-likeness (QED) is 0.542. The van der Waals surface area contributed by atoms with Gasteiger partial charge in [0.25, 0.3) is 0 Å². The Hall–Kier alpha value is -1.01. The van der Waals surface area contributed by atoms with Gasteiger partial charge in [-0.1, -0.05) is 31.6 Å². The fourth-order valence-electron chi connectivity index (χ4n) is 7.82. The van der Waals surface area contributed by atoms with Crippen LogP contribution in [0.15, 0.2) is 23.3 Å². The zero-order valence-corrected chi connectivity index (χ0v) is 17.2. The summed E-state index contributed by atoms with van der Waals surface area (Å²) in [5.41, 5.74) is 0.300. The van der Waals surface area contributed by atoms with Crippen LogP contribution in [0.5, 0.6) is 0 Å². The molecule has 0 saturated heterocycles. The van der Waals surface area contributed by atoms with E-state index >= 15 is 0 Å². The number of aliphatic hydroxyl groups is 4. The summed E-state index contributed by atoms with van der Waals surface area (Å²) in [4.78, 5) is 12.6. The standard InChI is InChI=1S/C23H34O5/c1-12-7-15-17-8-13(2)23(28,19(27)11-24)22(17,4)10-18(26)20(15)21(3)6-5-14(25)9-16(12)21/h14-15,17-18,20,24-26,28H,2,5-11H2,1,3-4H3/t14?,15-,17-,18?,20+,21-,22-,23-/m0/s1. The second-order valence-electron chi connectivity index (χ2n) is 10.4. The van der Waals surface area contributed by atoms with Gasteiger partial charge in [-0.25, -0.2) is 0 Å². The average Bonchev–Trinajstić information content (AvgIpc) is 2.83. The maximum Gasteiger partial charge on any atom is 0.194 e. The molecule has 4 N–H and O–H groups in total. The van der Waals surface area contributed by atoms with Crippen LogP contribution in [-0.4, -0.2) is 50.6 Å². The molecule has 0 amide bonds. The van der Waals surface area contributed by atoms with Gasteiger partial charge in [0.1, 0.15) is 6.61 Å². The third-order valence-corrected chi connectivity index (χ3v) is 9.11. The molecule has 0 heterocycles. The van der Waals surface area contributed by atoms with Crippen LogP contribution in [0.4, 0.5) is 0 Å². The van der Waals surface area contributed by atoms with Crippen molar-refractivity contribution in [2.24, 2.45) is 28.6 Å². The van der Waals surface area contributed by atoms with Crippen LogP contribution in [-0.2, 0) is 4.79 Å². The molecule has 28 heavy (non-hydrogen) atoms. The topological polar surface area (TPSA) is 98.0 Å². The van der Waals surface area contributed by atoms with E-state index in [-0.39, 0.29) is 29.3 Å². The Bertz CT molecular complexity index is 756. The average molecular weight is 391 g/mol. The van der Waals surface area contributed by atoms with Gasteiger partial charge in [0.15, 0.2) is 11.4 Å². The third kappa shape index (κ3) is 2.31. The lowest BCUT2D eigenvalue weighted by Gasteiger charge is -2.61. The Kier molecular flexibility index (Phi) is 4.52. The van der Waals surface area contributed by atoms with Crippen molar-refractivity contribution < 1.29 is 25.2 Å². The Balaban J connectivity index is 1.81. The van der Waals surface area contributed by atoms with Crippen LogP contribution in [0.2, 0.25) is 0 Å². The van der Waals surface area contributed by atoms with Gasteiger partial charge in [-0.3, -0.25) is 4.79 Å². The first-order valence-corrected chi connectivity index (χ1v) is 10.6. The molecule has 5 nitrogen and oxygen atoms in total. The van der Waals surface area contributed by atoms with Crippen LogP contribution in [0.3, 0.4) is 0 Å². The zero-order chi connectivity index (χ0) is 20.6. The molecule has 8 atom stereocenters. The van der Waals surface area contributed by atoms with Crippen molar-refractivity contribution in [3.05, 3.63) is 23.3 Å². The molecule has 4 aliphatic rings. The molecule has 3 saturated carbocycles. The number of carbonyl (C=O) groups excluding carboxylic acids is 1. The second kappa shape index (κ2) is 6.24. The van der Waals surface area contributed by atoms with Crippen molar-refractivity contribution in [2.75, 3.05) is 6.61 Å². The van der Waals surface area contributed by atoms with Crippen LogP contribution in [0.25, 0.3) is 0 Å². The molecule has 2 unspecified atom stereocenters. The van der Waals surface area contributed by atoms with E-state index in [0.29, 0.717) is 24.8 Å². The van der Waals surface area contributed by atoms with Crippen LogP contribution >= 0.6 is 0 Å². The van der Waals surface area contributed by atoms with Gasteiger partial charge in [0, 0.05) is 5.41 Å². The monoisotopic (exact) mass is 390 g/mol. The van der Waals surface area contributed by atoms with E-state index in [1.807, 2.05) is 6.92 Å². The van der Waals surface area contributed by atoms with Gasteiger partial charge in [0.05, 0.1) is 12.2 Å². The SMILES string of the molecule is C=C1C[C@H]2[C@@H]3CC(C)=C4CC(O)CC[C@]4(C)[C@H]3C(O)C[C@]2(C)[C@@]1(O)C(=O)CO. The lowest BCUT2D eigenvalue weighted by molar-refractivity contribution is -0.176. The Morgan fingerprint density at radius 3 is 2.54 bits per heavy atom. The summed E-state index contributed by atoms with van der Waals surface area (Å²) < 4.78 is 0. The first-order chi connectivity index (χ1) is 13.0. The molecule has 4 rings (SSSR count). The predicted octanol–water partition coefficient (Wildman–Crippen LogP) is 2.13. The number of fused-ring (bicyclic) bond motifs is 5. The van der Waals surface area contributed by atoms with E-state index in [9.17, 15) is 25.2 Å². The fraction of sp³-hybridized carbons (Fsp3) is 0.783. The summed E-state index contributed by atoms with van der Waals surface area (Å²) in [7, 11) is 0. The molecule has 0 aliphatic heterocycles. The summed E-state index contributed by atoms with van der Waals surface area (Å²) in [6.07, 6.45) is 3.01. The van der Waals surface area contributed by atoms with E-state index < -0.39 is 29.5 Å². The molecule has 3 fully saturated rings. The minimum Gasteiger partial charge on any atom is -0.393 e. The number of Topliss-reactive ketones (excluding diaryl/α,β-unsaturated/α-hetero) is 1. The highest BCUT2D eigenvalue weighted by Crippen LogP contribution is 2.68. The lowest BCUT2D eigenvalue weighted by Crippen LogP contribution is -2.62. The Labute approximate surface area is 167 Å². The molecule has 0 aromatic heterocycles. The highest BCUT2D eigenvalue weighted by molar-refractivity contribution is 5.93. The number of hydrogen-bond donors (Lipinski definition) is 4. The Morgan fingerprint density at radius 2 is 1.89 bits per heavy atom. The van der Waals surface area contributed by atoms with Gasteiger partial charge in [-0.05, 0) is 74.2 Å². The first-order valence-electron chi connectivity index (χ1n) is 10.6. The number of hydrogen-bond acceptors (Lipinski definition) is 5. The molecular formula is C23H34O5. The smallest absolute Gasteiger partial charge is 0.194 e. The molecule has 0 aromatic rings. The number of aliphatic hydroxyl groups excluding tert-OH is 3. The largest absolute Gasteiger partial charge is 0.393 e. The van der Waals surface area contributed by atoms with Gasteiger partial charge in [-0.2, -0.15) is 0 Å². The number of ketones is 1. The lowest BCUT2D eigenvalue weighted by atomic mass is 9.45. The summed E-state index contributed by atoms with van der Waals surface area (Å²) in [6, 6.07) is 0. The maximum atomic E-state index is 12.6. The number of allylic oxidation sites excluding steroid dienone is 1. The molecular weight excluding hydrogens is 356 g/mol. The maximum absolute atomic E-state index is 12.6. The molecule has 4 aliphatic carbocycles. The molecule has 5 heteroatoms. The van der Waals surface area contributed by atoms with Crippen molar-refractivity contribution in [3.63, 3.8) is 0 Å². The normalized spacial score (nSPS) is 50.8. The summed E-state index contributed by atoms with van der Waals surface area (Å²) in [5, 5.41) is 42.5. The van der Waals surface area contributed by atoms with Gasteiger partial charge >= 0.3 is 0 Å². The van der Waals surface area contributed by atoms with E-state index in [2.05, 4.69) is 20.4 Å². The number of rotatable bonds is 2. The Morgan fingerprint density at radius 1 is 1.21 bits per heavy atom. The third-order valence-electron chi connectivity index (χ3n) is 9.11. The van der Waals surface area contributed by atoms with Crippen molar-refractivity contribution in [3.8, 4) is 0 Å². The van der Waals surface area contributed by atoms with Crippen molar-refractivity contribution in [2.45, 2.75) is 77.1 Å². The van der Waals surface area contributed by atoms with Crippen molar-refractivity contribution in [1.29, 1.82) is 0 Å². The van der Waals surface area contributed by atoms with Crippen LogP contribution in [0.1, 0.15) is 59.3 Å². The molecule has 0 bridgehead atoms. The summed E-state index contributed by atoms with van der Waals surface area (Å²) in [5.74, 6) is -0.371. The second-order valence-corrected chi connectivity index (χ2v) is 10.4. The van der Waals surface area contributed by atoms with Crippen LogP contribution < -0.4 is 0 Å². The van der Waals surface area contributed by atoms with E-state index in [0.717, 1.165) is 19.3 Å². The molecule has 0 radical (unpaired) electrons. The molecule has 0 spiro atoms. The van der Waals surface area contributed by atoms with Crippen LogP contribution in [0, 0.1) is 28.6 Å². The van der Waals surface area contributed by atoms with Gasteiger partial charge < -0.3 is 20.4 Å². The van der Waals surface area contributed by atoms with E-state index in [1.54, 1.807) is 0 Å². The highest BCUT2D eigenvalue weighted by atomic mass is 16.3. The summed E-state index contributed by atoms with van der Waals surface area (Å²) in [6.45, 7) is 9.56. The van der Waals surface area contributed by atoms with E-state index in [4.69, 9.17) is 0 Å².